The van der Waals surface area contributed by atoms with E-state index in [4.69, 9.17) is 23.2 Å². The molecule has 2 rings (SSSR count). The van der Waals surface area contributed by atoms with Crippen molar-refractivity contribution in [3.63, 3.8) is 0 Å². The van der Waals surface area contributed by atoms with Crippen molar-refractivity contribution in [2.24, 2.45) is 0 Å². The molecule has 1 N–H and O–H groups in total. The second kappa shape index (κ2) is 5.65. The number of rotatable bonds is 3. The summed E-state index contributed by atoms with van der Waals surface area (Å²) in [7, 11) is 0. The van der Waals surface area contributed by atoms with Gasteiger partial charge in [-0.05, 0) is 36.2 Å². The van der Waals surface area contributed by atoms with E-state index in [1.54, 1.807) is 19.1 Å². The van der Waals surface area contributed by atoms with Gasteiger partial charge < -0.3 is 5.32 Å². The van der Waals surface area contributed by atoms with Gasteiger partial charge in [-0.3, -0.25) is 4.79 Å². The van der Waals surface area contributed by atoms with Crippen LogP contribution in [0.2, 0.25) is 10.0 Å². The Balaban J connectivity index is 2.02. The topological polar surface area (TPSA) is 54.9 Å². The third-order valence-electron chi connectivity index (χ3n) is 2.29. The van der Waals surface area contributed by atoms with E-state index in [-0.39, 0.29) is 5.91 Å². The van der Waals surface area contributed by atoms with E-state index in [0.29, 0.717) is 27.2 Å². The largest absolute Gasteiger partial charge is 0.347 e. The van der Waals surface area contributed by atoms with Crippen molar-refractivity contribution in [2.75, 3.05) is 0 Å². The molecular weight excluding hydrogens is 293 g/mol. The van der Waals surface area contributed by atoms with Crippen LogP contribution in [-0.2, 0) is 6.54 Å². The van der Waals surface area contributed by atoms with Crippen molar-refractivity contribution in [3.8, 4) is 0 Å². The van der Waals surface area contributed by atoms with Gasteiger partial charge in [0, 0.05) is 6.54 Å². The predicted molar refractivity (Wildman–Crippen MR) is 72.3 cm³/mol. The quantitative estimate of drug-likeness (QED) is 0.948. The molecule has 0 radical (unpaired) electrons. The van der Waals surface area contributed by atoms with E-state index in [1.165, 1.54) is 0 Å². The van der Waals surface area contributed by atoms with Crippen LogP contribution < -0.4 is 5.32 Å². The molecule has 0 aliphatic heterocycles. The fourth-order valence-electron chi connectivity index (χ4n) is 1.35. The molecule has 2 aromatic rings. The molecular formula is C11H9Cl2N3OS. The molecule has 4 nitrogen and oxygen atoms in total. The summed E-state index contributed by atoms with van der Waals surface area (Å²) in [5.74, 6) is -0.187. The molecule has 18 heavy (non-hydrogen) atoms. The SMILES string of the molecule is Cc1nnsc1C(=O)NCc1ccc(Cl)c(Cl)c1. The zero-order valence-corrected chi connectivity index (χ0v) is 11.7. The molecule has 1 aromatic carbocycles. The van der Waals surface area contributed by atoms with Crippen LogP contribution in [0.1, 0.15) is 20.9 Å². The van der Waals surface area contributed by atoms with Crippen LogP contribution in [0.3, 0.4) is 0 Å². The highest BCUT2D eigenvalue weighted by atomic mass is 35.5. The highest BCUT2D eigenvalue weighted by molar-refractivity contribution is 7.07. The number of hydrogen-bond acceptors (Lipinski definition) is 4. The summed E-state index contributed by atoms with van der Waals surface area (Å²) in [6, 6.07) is 5.24. The number of nitrogens with zero attached hydrogens (tertiary/aromatic N) is 2. The third kappa shape index (κ3) is 2.98. The van der Waals surface area contributed by atoms with Gasteiger partial charge in [-0.1, -0.05) is 33.8 Å². The van der Waals surface area contributed by atoms with Gasteiger partial charge in [0.25, 0.3) is 5.91 Å². The Labute approximate surface area is 118 Å². The average Bonchev–Trinajstić information content (AvgIpc) is 2.77. The first-order chi connectivity index (χ1) is 8.58. The zero-order valence-electron chi connectivity index (χ0n) is 9.41. The third-order valence-corrected chi connectivity index (χ3v) is 3.86. The number of aromatic nitrogens is 2. The molecule has 0 aliphatic carbocycles. The second-order valence-electron chi connectivity index (χ2n) is 3.62. The summed E-state index contributed by atoms with van der Waals surface area (Å²) in [6.07, 6.45) is 0. The van der Waals surface area contributed by atoms with Crippen molar-refractivity contribution in [1.29, 1.82) is 0 Å². The average molecular weight is 302 g/mol. The summed E-state index contributed by atoms with van der Waals surface area (Å²) in [5.41, 5.74) is 1.51. The molecule has 0 bridgehead atoms. The monoisotopic (exact) mass is 301 g/mol. The number of benzene rings is 1. The summed E-state index contributed by atoms with van der Waals surface area (Å²) in [4.78, 5) is 12.3. The van der Waals surface area contributed by atoms with Crippen LogP contribution in [0.15, 0.2) is 18.2 Å². The molecule has 1 heterocycles. The molecule has 0 spiro atoms. The smallest absolute Gasteiger partial charge is 0.265 e. The van der Waals surface area contributed by atoms with Crippen molar-refractivity contribution in [3.05, 3.63) is 44.4 Å². The Hall–Kier alpha value is -1.17. The lowest BCUT2D eigenvalue weighted by Gasteiger charge is -2.05. The summed E-state index contributed by atoms with van der Waals surface area (Å²) in [5, 5.41) is 7.53. The van der Waals surface area contributed by atoms with E-state index in [9.17, 15) is 4.79 Å². The summed E-state index contributed by atoms with van der Waals surface area (Å²) >= 11 is 12.8. The number of nitrogens with one attached hydrogen (secondary N) is 1. The molecule has 0 saturated heterocycles. The number of aryl methyl sites for hydroxylation is 1. The fraction of sp³-hybridized carbons (Fsp3) is 0.182. The van der Waals surface area contributed by atoms with Gasteiger partial charge in [0.2, 0.25) is 0 Å². The molecule has 7 heteroatoms. The first-order valence-electron chi connectivity index (χ1n) is 5.09. The van der Waals surface area contributed by atoms with Gasteiger partial charge in [0.1, 0.15) is 4.88 Å². The Morgan fingerprint density at radius 1 is 1.39 bits per heavy atom. The molecule has 94 valence electrons. The predicted octanol–water partition coefficient (Wildman–Crippen LogP) is 3.08. The maximum absolute atomic E-state index is 11.8. The molecule has 1 amide bonds. The van der Waals surface area contributed by atoms with Crippen LogP contribution in [-0.4, -0.2) is 15.5 Å². The first-order valence-corrected chi connectivity index (χ1v) is 6.62. The van der Waals surface area contributed by atoms with Gasteiger partial charge in [-0.25, -0.2) is 0 Å². The fourth-order valence-corrected chi connectivity index (χ4v) is 2.25. The van der Waals surface area contributed by atoms with Gasteiger partial charge in [-0.15, -0.1) is 5.10 Å². The lowest BCUT2D eigenvalue weighted by atomic mass is 10.2. The number of amides is 1. The molecule has 0 unspecified atom stereocenters. The first kappa shape index (κ1) is 13.3. The van der Waals surface area contributed by atoms with Crippen molar-refractivity contribution < 1.29 is 4.79 Å². The van der Waals surface area contributed by atoms with Crippen LogP contribution in [0.5, 0.6) is 0 Å². The molecule has 0 fully saturated rings. The Bertz CT molecular complexity index is 585. The van der Waals surface area contributed by atoms with Crippen LogP contribution in [0.4, 0.5) is 0 Å². The van der Waals surface area contributed by atoms with E-state index < -0.39 is 0 Å². The zero-order chi connectivity index (χ0) is 13.1. The van der Waals surface area contributed by atoms with Crippen LogP contribution in [0, 0.1) is 6.92 Å². The number of carbonyl (C=O) groups excluding carboxylic acids is 1. The minimum absolute atomic E-state index is 0.187. The Morgan fingerprint density at radius 3 is 2.78 bits per heavy atom. The summed E-state index contributed by atoms with van der Waals surface area (Å²) < 4.78 is 3.72. The maximum atomic E-state index is 11.8. The van der Waals surface area contributed by atoms with E-state index >= 15 is 0 Å². The van der Waals surface area contributed by atoms with Crippen LogP contribution >= 0.6 is 34.7 Å². The standard InChI is InChI=1S/C11H9Cl2N3OS/c1-6-10(18-16-15-6)11(17)14-5-7-2-3-8(12)9(13)4-7/h2-4H,5H2,1H3,(H,14,17). The van der Waals surface area contributed by atoms with E-state index in [2.05, 4.69) is 14.9 Å². The van der Waals surface area contributed by atoms with Crippen molar-refractivity contribution in [2.45, 2.75) is 13.5 Å². The number of carbonyl (C=O) groups is 1. The minimum Gasteiger partial charge on any atom is -0.347 e. The number of halogens is 2. The van der Waals surface area contributed by atoms with Crippen LogP contribution in [0.25, 0.3) is 0 Å². The van der Waals surface area contributed by atoms with Gasteiger partial charge in [0.15, 0.2) is 0 Å². The van der Waals surface area contributed by atoms with Crippen molar-refractivity contribution >= 4 is 40.6 Å². The number of hydrogen-bond donors (Lipinski definition) is 1. The van der Waals surface area contributed by atoms with Gasteiger partial charge in [-0.2, -0.15) is 0 Å². The minimum atomic E-state index is -0.187. The molecule has 0 aliphatic rings. The maximum Gasteiger partial charge on any atom is 0.265 e. The molecule has 1 aromatic heterocycles. The second-order valence-corrected chi connectivity index (χ2v) is 5.19. The highest BCUT2D eigenvalue weighted by Crippen LogP contribution is 2.22. The van der Waals surface area contributed by atoms with E-state index in [0.717, 1.165) is 17.1 Å². The van der Waals surface area contributed by atoms with Gasteiger partial charge >= 0.3 is 0 Å². The molecule has 0 atom stereocenters. The van der Waals surface area contributed by atoms with Crippen molar-refractivity contribution in [1.82, 2.24) is 14.9 Å². The lowest BCUT2D eigenvalue weighted by molar-refractivity contribution is 0.0954. The normalized spacial score (nSPS) is 10.4. The Morgan fingerprint density at radius 2 is 2.17 bits per heavy atom. The Kier molecular flexibility index (Phi) is 4.16. The molecule has 0 saturated carbocycles. The highest BCUT2D eigenvalue weighted by Gasteiger charge is 2.12. The van der Waals surface area contributed by atoms with E-state index in [1.807, 2.05) is 6.07 Å². The lowest BCUT2D eigenvalue weighted by Crippen LogP contribution is -2.22. The summed E-state index contributed by atoms with van der Waals surface area (Å²) in [6.45, 7) is 2.13. The van der Waals surface area contributed by atoms with Gasteiger partial charge in [0.05, 0.1) is 15.7 Å².